The molecule has 0 spiro atoms. The molecule has 0 atom stereocenters. The van der Waals surface area contributed by atoms with Gasteiger partial charge in [-0.15, -0.1) is 0 Å². The predicted molar refractivity (Wildman–Crippen MR) is 130 cm³/mol. The van der Waals surface area contributed by atoms with Gasteiger partial charge in [0.1, 0.15) is 5.82 Å². The second-order valence-electron chi connectivity index (χ2n) is 8.95. The Morgan fingerprint density at radius 1 is 0.970 bits per heavy atom. The topological polar surface area (TPSA) is 63.5 Å². The van der Waals surface area contributed by atoms with E-state index >= 15 is 0 Å². The van der Waals surface area contributed by atoms with Crippen molar-refractivity contribution < 1.29 is 12.8 Å². The molecule has 1 N–H and O–H groups in total. The highest BCUT2D eigenvalue weighted by molar-refractivity contribution is 7.89. The van der Waals surface area contributed by atoms with Gasteiger partial charge in [0.25, 0.3) is 10.0 Å². The molecule has 0 unspecified atom stereocenters. The van der Waals surface area contributed by atoms with E-state index in [0.29, 0.717) is 12.1 Å². The Balaban J connectivity index is 1.57. The number of benzene rings is 3. The van der Waals surface area contributed by atoms with E-state index in [1.54, 1.807) is 30.3 Å². The zero-order valence-corrected chi connectivity index (χ0v) is 19.6. The summed E-state index contributed by atoms with van der Waals surface area (Å²) in [4.78, 5) is 2.43. The molecule has 7 heteroatoms. The lowest BCUT2D eigenvalue weighted by molar-refractivity contribution is 0.580. The summed E-state index contributed by atoms with van der Waals surface area (Å²) in [6.45, 7) is 6.57. The quantitative estimate of drug-likeness (QED) is 0.306. The lowest BCUT2D eigenvalue weighted by Crippen LogP contribution is -2.19. The van der Waals surface area contributed by atoms with E-state index in [0.717, 1.165) is 22.0 Å². The van der Waals surface area contributed by atoms with Crippen molar-refractivity contribution in [3.63, 3.8) is 0 Å². The fraction of sp³-hybridized carbons (Fsp3) is 0.192. The van der Waals surface area contributed by atoms with E-state index in [1.165, 1.54) is 12.3 Å². The number of fused-ring (bicyclic) bond motifs is 1. The zero-order chi connectivity index (χ0) is 23.6. The van der Waals surface area contributed by atoms with E-state index in [1.807, 2.05) is 47.2 Å². The summed E-state index contributed by atoms with van der Waals surface area (Å²) >= 11 is 0. The van der Waals surface area contributed by atoms with Crippen molar-refractivity contribution in [1.29, 1.82) is 0 Å². The fourth-order valence-electron chi connectivity index (χ4n) is 3.67. The maximum Gasteiger partial charge on any atom is 0.276 e. The van der Waals surface area contributed by atoms with E-state index < -0.39 is 10.0 Å². The molecule has 0 aliphatic heterocycles. The van der Waals surface area contributed by atoms with Crippen LogP contribution in [0.2, 0.25) is 0 Å². The van der Waals surface area contributed by atoms with Crippen LogP contribution in [0, 0.1) is 5.82 Å². The minimum atomic E-state index is -3.80. The third-order valence-corrected chi connectivity index (χ3v) is 6.76. The fourth-order valence-corrected chi connectivity index (χ4v) is 4.46. The lowest BCUT2D eigenvalue weighted by Gasteiger charge is -2.19. The first kappa shape index (κ1) is 22.7. The summed E-state index contributed by atoms with van der Waals surface area (Å²) in [5.41, 5.74) is 3.19. The van der Waals surface area contributed by atoms with Crippen molar-refractivity contribution in [3.05, 3.63) is 102 Å². The number of nitrogens with zero attached hydrogens (tertiary/aromatic N) is 2. The predicted octanol–water partition coefficient (Wildman–Crippen LogP) is 5.44. The molecule has 0 fully saturated rings. The Morgan fingerprint density at radius 3 is 2.33 bits per heavy atom. The molecule has 5 nitrogen and oxygen atoms in total. The average molecular weight is 464 g/mol. The van der Waals surface area contributed by atoms with Crippen LogP contribution in [0.5, 0.6) is 0 Å². The first-order valence-corrected chi connectivity index (χ1v) is 12.1. The summed E-state index contributed by atoms with van der Waals surface area (Å²) in [5.74, 6) is -0.268. The van der Waals surface area contributed by atoms with Crippen molar-refractivity contribution in [3.8, 4) is 0 Å². The number of hydrazone groups is 1. The number of sulfonamides is 1. The van der Waals surface area contributed by atoms with Crippen LogP contribution in [0.25, 0.3) is 10.9 Å². The van der Waals surface area contributed by atoms with Crippen molar-refractivity contribution >= 4 is 27.1 Å². The normalized spacial score (nSPS) is 12.5. The van der Waals surface area contributed by atoms with E-state index in [4.69, 9.17) is 0 Å². The third kappa shape index (κ3) is 4.98. The first-order valence-electron chi connectivity index (χ1n) is 10.6. The van der Waals surface area contributed by atoms with Crippen LogP contribution >= 0.6 is 0 Å². The Bertz CT molecular complexity index is 1420. The van der Waals surface area contributed by atoms with Crippen molar-refractivity contribution in [2.75, 3.05) is 0 Å². The van der Waals surface area contributed by atoms with Gasteiger partial charge in [0, 0.05) is 28.2 Å². The van der Waals surface area contributed by atoms with E-state index in [-0.39, 0.29) is 16.1 Å². The highest BCUT2D eigenvalue weighted by Gasteiger charge is 2.17. The van der Waals surface area contributed by atoms with Crippen LogP contribution in [0.1, 0.15) is 37.5 Å². The number of hydrogen-bond donors (Lipinski definition) is 1. The molecule has 33 heavy (non-hydrogen) atoms. The Hall–Kier alpha value is -3.45. The molecular formula is C26H26FN3O2S. The van der Waals surface area contributed by atoms with E-state index in [9.17, 15) is 12.8 Å². The number of halogens is 1. The van der Waals surface area contributed by atoms with Crippen LogP contribution in [-0.4, -0.2) is 19.2 Å². The molecule has 0 saturated heterocycles. The Morgan fingerprint density at radius 2 is 1.64 bits per heavy atom. The molecule has 170 valence electrons. The largest absolute Gasteiger partial charge is 0.342 e. The molecule has 0 saturated carbocycles. The monoisotopic (exact) mass is 463 g/mol. The lowest BCUT2D eigenvalue weighted by atomic mass is 9.87. The van der Waals surface area contributed by atoms with Gasteiger partial charge < -0.3 is 4.57 Å². The van der Waals surface area contributed by atoms with Gasteiger partial charge in [-0.3, -0.25) is 0 Å². The molecule has 4 aromatic rings. The Labute approximate surface area is 193 Å². The molecule has 1 aromatic heterocycles. The average Bonchev–Trinajstić information content (AvgIpc) is 3.12. The smallest absolute Gasteiger partial charge is 0.276 e. The van der Waals surface area contributed by atoms with Crippen molar-refractivity contribution in [1.82, 2.24) is 9.40 Å². The highest BCUT2D eigenvalue weighted by atomic mass is 32.2. The minimum Gasteiger partial charge on any atom is -0.342 e. The van der Waals surface area contributed by atoms with Crippen LogP contribution in [0.4, 0.5) is 4.39 Å². The maximum atomic E-state index is 14.2. The summed E-state index contributed by atoms with van der Waals surface area (Å²) in [7, 11) is -3.80. The van der Waals surface area contributed by atoms with Gasteiger partial charge in [0.05, 0.1) is 17.7 Å². The van der Waals surface area contributed by atoms with Crippen LogP contribution in [0.15, 0.2) is 89.0 Å². The van der Waals surface area contributed by atoms with Crippen LogP contribution in [0.3, 0.4) is 0 Å². The van der Waals surface area contributed by atoms with Crippen molar-refractivity contribution in [2.45, 2.75) is 37.6 Å². The van der Waals surface area contributed by atoms with Gasteiger partial charge in [-0.05, 0) is 35.2 Å². The number of rotatable bonds is 6. The van der Waals surface area contributed by atoms with Crippen LogP contribution in [-0.2, 0) is 22.0 Å². The van der Waals surface area contributed by atoms with Crippen LogP contribution < -0.4 is 4.83 Å². The standard InChI is InChI=1S/C26H26FN3O2S/c1-26(2,3)21-12-14-22(15-13-21)33(31,32)29-28-16-20-18-30(25-11-7-5-9-23(20)25)17-19-8-4-6-10-24(19)27/h4-16,18,29H,17H2,1-3H3/b28-16+. The van der Waals surface area contributed by atoms with Crippen molar-refractivity contribution in [2.24, 2.45) is 5.10 Å². The summed E-state index contributed by atoms with van der Waals surface area (Å²) in [6.07, 6.45) is 3.31. The van der Waals surface area contributed by atoms with E-state index in [2.05, 4.69) is 30.7 Å². The molecule has 0 bridgehead atoms. The minimum absolute atomic E-state index is 0.0647. The van der Waals surface area contributed by atoms with Gasteiger partial charge in [0.15, 0.2) is 0 Å². The highest BCUT2D eigenvalue weighted by Crippen LogP contribution is 2.24. The van der Waals surface area contributed by atoms with Gasteiger partial charge >= 0.3 is 0 Å². The van der Waals surface area contributed by atoms with Gasteiger partial charge in [0.2, 0.25) is 0 Å². The summed E-state index contributed by atoms with van der Waals surface area (Å²) in [5, 5.41) is 4.89. The summed E-state index contributed by atoms with van der Waals surface area (Å²) in [6, 6.07) is 21.1. The molecular weight excluding hydrogens is 437 g/mol. The van der Waals surface area contributed by atoms with Gasteiger partial charge in [-0.25, -0.2) is 9.22 Å². The molecule has 1 heterocycles. The molecule has 0 aliphatic carbocycles. The van der Waals surface area contributed by atoms with Gasteiger partial charge in [-0.1, -0.05) is 69.3 Å². The molecule has 0 amide bonds. The maximum absolute atomic E-state index is 14.2. The summed E-state index contributed by atoms with van der Waals surface area (Å²) < 4.78 is 41.4. The second-order valence-corrected chi connectivity index (χ2v) is 10.6. The molecule has 0 radical (unpaired) electrons. The molecule has 3 aromatic carbocycles. The number of nitrogens with one attached hydrogen (secondary N) is 1. The third-order valence-electron chi connectivity index (χ3n) is 5.53. The SMILES string of the molecule is CC(C)(C)c1ccc(S(=O)(=O)N/N=C/c2cn(Cc3ccccc3F)c3ccccc23)cc1. The Kier molecular flexibility index (Phi) is 6.08. The number of aromatic nitrogens is 1. The van der Waals surface area contributed by atoms with Gasteiger partial charge in [-0.2, -0.15) is 13.5 Å². The number of hydrogen-bond acceptors (Lipinski definition) is 3. The second kappa shape index (κ2) is 8.83. The molecule has 0 aliphatic rings. The number of para-hydroxylation sites is 1. The first-order chi connectivity index (χ1) is 15.6. The zero-order valence-electron chi connectivity index (χ0n) is 18.8. The molecule has 4 rings (SSSR count).